The molecule has 0 unspecified atom stereocenters. The molecule has 3 rings (SSSR count). The summed E-state index contributed by atoms with van der Waals surface area (Å²) in [5.41, 5.74) is 6.26. The Labute approximate surface area is 150 Å². The standard InChI is InChI=1S/C17H22BrN3O3/c18-13-3-1-12(2-4-13)16(22)20-7-9-21(10-8-20)17(23)15-6-5-14(11-19)24-15/h1-4,14-15H,5-11,19H2/t14-,15+/m1/s1. The van der Waals surface area contributed by atoms with Gasteiger partial charge in [-0.25, -0.2) is 0 Å². The first-order chi connectivity index (χ1) is 11.6. The van der Waals surface area contributed by atoms with Crippen molar-refractivity contribution >= 4 is 27.7 Å². The van der Waals surface area contributed by atoms with Gasteiger partial charge in [0.25, 0.3) is 11.8 Å². The third kappa shape index (κ3) is 3.79. The van der Waals surface area contributed by atoms with Gasteiger partial charge >= 0.3 is 0 Å². The summed E-state index contributed by atoms with van der Waals surface area (Å²) in [6.07, 6.45) is 1.21. The quantitative estimate of drug-likeness (QED) is 0.834. The molecular weight excluding hydrogens is 374 g/mol. The monoisotopic (exact) mass is 395 g/mol. The maximum Gasteiger partial charge on any atom is 0.253 e. The molecule has 2 fully saturated rings. The minimum atomic E-state index is -0.368. The fourth-order valence-electron chi connectivity index (χ4n) is 3.17. The number of carbonyl (C=O) groups is 2. The molecule has 7 heteroatoms. The molecule has 24 heavy (non-hydrogen) atoms. The summed E-state index contributed by atoms with van der Waals surface area (Å²) in [5, 5.41) is 0. The molecule has 1 aromatic carbocycles. The molecule has 0 saturated carbocycles. The largest absolute Gasteiger partial charge is 0.364 e. The number of ether oxygens (including phenoxy) is 1. The molecule has 6 nitrogen and oxygen atoms in total. The van der Waals surface area contributed by atoms with Gasteiger partial charge in [0.2, 0.25) is 0 Å². The van der Waals surface area contributed by atoms with Crippen molar-refractivity contribution in [2.75, 3.05) is 32.7 Å². The minimum absolute atomic E-state index is 0.000721. The van der Waals surface area contributed by atoms with Crippen LogP contribution in [0.3, 0.4) is 0 Å². The van der Waals surface area contributed by atoms with Crippen LogP contribution in [0.2, 0.25) is 0 Å². The molecule has 2 saturated heterocycles. The first kappa shape index (κ1) is 17.4. The van der Waals surface area contributed by atoms with Crippen LogP contribution < -0.4 is 5.73 Å². The van der Waals surface area contributed by atoms with Crippen molar-refractivity contribution in [3.05, 3.63) is 34.3 Å². The highest BCUT2D eigenvalue weighted by Gasteiger charge is 2.34. The van der Waals surface area contributed by atoms with Crippen LogP contribution in [0.1, 0.15) is 23.2 Å². The lowest BCUT2D eigenvalue weighted by Gasteiger charge is -2.35. The van der Waals surface area contributed by atoms with Gasteiger partial charge in [-0.2, -0.15) is 0 Å². The topological polar surface area (TPSA) is 75.9 Å². The lowest BCUT2D eigenvalue weighted by Crippen LogP contribution is -2.53. The van der Waals surface area contributed by atoms with E-state index in [9.17, 15) is 9.59 Å². The van der Waals surface area contributed by atoms with Crippen LogP contribution in [0.5, 0.6) is 0 Å². The van der Waals surface area contributed by atoms with Gasteiger partial charge < -0.3 is 20.3 Å². The van der Waals surface area contributed by atoms with Crippen LogP contribution in [0.15, 0.2) is 28.7 Å². The average molecular weight is 396 g/mol. The van der Waals surface area contributed by atoms with Crippen LogP contribution in [0.25, 0.3) is 0 Å². The molecule has 0 aliphatic carbocycles. The fraction of sp³-hybridized carbons (Fsp3) is 0.529. The maximum atomic E-state index is 12.5. The zero-order chi connectivity index (χ0) is 17.1. The number of benzene rings is 1. The second-order valence-electron chi connectivity index (χ2n) is 6.18. The van der Waals surface area contributed by atoms with Gasteiger partial charge in [-0.3, -0.25) is 9.59 Å². The smallest absolute Gasteiger partial charge is 0.253 e. The number of carbonyl (C=O) groups excluding carboxylic acids is 2. The highest BCUT2D eigenvalue weighted by atomic mass is 79.9. The SMILES string of the molecule is NC[C@H]1CC[C@@H](C(=O)N2CCN(C(=O)c3ccc(Br)cc3)CC2)O1. The molecular formula is C17H22BrN3O3. The minimum Gasteiger partial charge on any atom is -0.364 e. The molecule has 0 bridgehead atoms. The van der Waals surface area contributed by atoms with Crippen molar-refractivity contribution < 1.29 is 14.3 Å². The molecule has 1 aromatic rings. The van der Waals surface area contributed by atoms with Crippen LogP contribution >= 0.6 is 15.9 Å². The third-order valence-electron chi connectivity index (χ3n) is 4.62. The number of hydrogen-bond acceptors (Lipinski definition) is 4. The summed E-state index contributed by atoms with van der Waals surface area (Å²) in [4.78, 5) is 28.6. The van der Waals surface area contributed by atoms with Crippen LogP contribution in [0, 0.1) is 0 Å². The van der Waals surface area contributed by atoms with E-state index in [2.05, 4.69) is 15.9 Å². The van der Waals surface area contributed by atoms with E-state index in [1.807, 2.05) is 24.3 Å². The number of piperazine rings is 1. The van der Waals surface area contributed by atoms with Gasteiger partial charge in [0, 0.05) is 42.8 Å². The van der Waals surface area contributed by atoms with E-state index in [0.717, 1.165) is 17.3 Å². The lowest BCUT2D eigenvalue weighted by atomic mass is 10.1. The van der Waals surface area contributed by atoms with E-state index in [0.29, 0.717) is 38.3 Å². The molecule has 130 valence electrons. The Kier molecular flexibility index (Phi) is 5.53. The van der Waals surface area contributed by atoms with Crippen molar-refractivity contribution in [1.29, 1.82) is 0 Å². The maximum absolute atomic E-state index is 12.5. The third-order valence-corrected chi connectivity index (χ3v) is 5.14. The predicted octanol–water partition coefficient (Wildman–Crippen LogP) is 1.24. The number of halogens is 1. The molecule has 2 aliphatic heterocycles. The first-order valence-electron chi connectivity index (χ1n) is 8.27. The van der Waals surface area contributed by atoms with Crippen molar-refractivity contribution in [2.24, 2.45) is 5.73 Å². The molecule has 2 heterocycles. The first-order valence-corrected chi connectivity index (χ1v) is 9.07. The second-order valence-corrected chi connectivity index (χ2v) is 7.10. The second kappa shape index (κ2) is 7.63. The zero-order valence-electron chi connectivity index (χ0n) is 13.5. The van der Waals surface area contributed by atoms with E-state index in [1.165, 1.54) is 0 Å². The van der Waals surface area contributed by atoms with E-state index in [-0.39, 0.29) is 24.0 Å². The molecule has 0 spiro atoms. The molecule has 2 N–H and O–H groups in total. The predicted molar refractivity (Wildman–Crippen MR) is 93.6 cm³/mol. The average Bonchev–Trinajstić information content (AvgIpc) is 3.10. The fourth-order valence-corrected chi connectivity index (χ4v) is 3.43. The number of rotatable bonds is 3. The summed E-state index contributed by atoms with van der Waals surface area (Å²) in [6.45, 7) is 2.66. The van der Waals surface area contributed by atoms with Gasteiger partial charge in [-0.1, -0.05) is 15.9 Å². The Balaban J connectivity index is 1.53. The Morgan fingerprint density at radius 2 is 1.71 bits per heavy atom. The molecule has 2 atom stereocenters. The van der Waals surface area contributed by atoms with Gasteiger partial charge in [0.15, 0.2) is 0 Å². The number of hydrogen-bond donors (Lipinski definition) is 1. The number of nitrogens with two attached hydrogens (primary N) is 1. The van der Waals surface area contributed by atoms with E-state index >= 15 is 0 Å². The Hall–Kier alpha value is -1.44. The van der Waals surface area contributed by atoms with Crippen LogP contribution in [-0.4, -0.2) is 66.5 Å². The molecule has 0 aromatic heterocycles. The summed E-state index contributed by atoms with van der Waals surface area (Å²) in [5.74, 6) is 0.0385. The molecule has 2 aliphatic rings. The Bertz CT molecular complexity index is 600. The highest BCUT2D eigenvalue weighted by molar-refractivity contribution is 9.10. The molecule has 0 radical (unpaired) electrons. The van der Waals surface area contributed by atoms with Crippen molar-refractivity contribution in [2.45, 2.75) is 25.0 Å². The zero-order valence-corrected chi connectivity index (χ0v) is 15.1. The molecule has 2 amide bonds. The van der Waals surface area contributed by atoms with Crippen molar-refractivity contribution in [3.63, 3.8) is 0 Å². The summed E-state index contributed by atoms with van der Waals surface area (Å²) in [6, 6.07) is 7.34. The highest BCUT2D eigenvalue weighted by Crippen LogP contribution is 2.21. The van der Waals surface area contributed by atoms with Crippen molar-refractivity contribution in [3.8, 4) is 0 Å². The van der Waals surface area contributed by atoms with Crippen molar-refractivity contribution in [1.82, 2.24) is 9.80 Å². The van der Waals surface area contributed by atoms with Crippen LogP contribution in [-0.2, 0) is 9.53 Å². The van der Waals surface area contributed by atoms with E-state index < -0.39 is 0 Å². The lowest BCUT2D eigenvalue weighted by molar-refractivity contribution is -0.144. The normalized spacial score (nSPS) is 24.2. The number of nitrogens with zero attached hydrogens (tertiary/aromatic N) is 2. The van der Waals surface area contributed by atoms with Gasteiger partial charge in [0.1, 0.15) is 6.10 Å². The summed E-state index contributed by atoms with van der Waals surface area (Å²) >= 11 is 3.37. The Morgan fingerprint density at radius 1 is 1.08 bits per heavy atom. The van der Waals surface area contributed by atoms with Gasteiger partial charge in [-0.15, -0.1) is 0 Å². The summed E-state index contributed by atoms with van der Waals surface area (Å²) < 4.78 is 6.63. The Morgan fingerprint density at radius 3 is 2.29 bits per heavy atom. The van der Waals surface area contributed by atoms with Gasteiger partial charge in [-0.05, 0) is 37.1 Å². The van der Waals surface area contributed by atoms with Crippen LogP contribution in [0.4, 0.5) is 0 Å². The van der Waals surface area contributed by atoms with E-state index in [1.54, 1.807) is 9.80 Å². The van der Waals surface area contributed by atoms with E-state index in [4.69, 9.17) is 10.5 Å². The summed E-state index contributed by atoms with van der Waals surface area (Å²) in [7, 11) is 0. The number of amides is 2. The van der Waals surface area contributed by atoms with Gasteiger partial charge in [0.05, 0.1) is 6.10 Å².